The summed E-state index contributed by atoms with van der Waals surface area (Å²) in [5.74, 6) is -3.06. The average molecular weight is 443 g/mol. The molecule has 2 atom stereocenters. The fraction of sp³-hybridized carbons (Fsp3) is 0.200. The van der Waals surface area contributed by atoms with Crippen molar-refractivity contribution in [1.29, 1.82) is 5.26 Å². The van der Waals surface area contributed by atoms with Crippen LogP contribution in [0.4, 0.5) is 0 Å². The molecule has 33 heavy (non-hydrogen) atoms. The van der Waals surface area contributed by atoms with Gasteiger partial charge in [0.1, 0.15) is 6.04 Å². The maximum Gasteiger partial charge on any atom is 0.328 e. The molecule has 1 amide bonds. The van der Waals surface area contributed by atoms with Crippen LogP contribution in [0, 0.1) is 11.3 Å². The summed E-state index contributed by atoms with van der Waals surface area (Å²) in [6, 6.07) is 18.1. The number of carbonyl (C=O) groups is 3. The SMILES string of the molecule is N#Cc1ccc(-c2ccc(-n3ccc([C@H](CC(=O)O)C(=O)N[C@@H]4CCOC4=O)c3)cc2)cc1. The van der Waals surface area contributed by atoms with Crippen molar-refractivity contribution in [3.63, 3.8) is 0 Å². The Morgan fingerprint density at radius 2 is 1.79 bits per heavy atom. The summed E-state index contributed by atoms with van der Waals surface area (Å²) in [4.78, 5) is 35.8. The summed E-state index contributed by atoms with van der Waals surface area (Å²) in [7, 11) is 0. The van der Waals surface area contributed by atoms with Gasteiger partial charge < -0.3 is 19.7 Å². The van der Waals surface area contributed by atoms with Gasteiger partial charge in [-0.15, -0.1) is 0 Å². The lowest BCUT2D eigenvalue weighted by Crippen LogP contribution is -2.41. The number of ether oxygens (including phenoxy) is 1. The van der Waals surface area contributed by atoms with Crippen LogP contribution in [-0.4, -0.2) is 40.2 Å². The minimum Gasteiger partial charge on any atom is -0.481 e. The highest BCUT2D eigenvalue weighted by molar-refractivity contribution is 5.91. The quantitative estimate of drug-likeness (QED) is 0.542. The van der Waals surface area contributed by atoms with Gasteiger partial charge in [-0.3, -0.25) is 9.59 Å². The molecule has 1 aliphatic rings. The molecule has 2 N–H and O–H groups in total. The predicted molar refractivity (Wildman–Crippen MR) is 118 cm³/mol. The van der Waals surface area contributed by atoms with E-state index in [4.69, 9.17) is 10.00 Å². The van der Waals surface area contributed by atoms with Crippen molar-refractivity contribution < 1.29 is 24.2 Å². The molecule has 0 unspecified atom stereocenters. The molecule has 1 aliphatic heterocycles. The Balaban J connectivity index is 1.52. The zero-order chi connectivity index (χ0) is 23.4. The van der Waals surface area contributed by atoms with E-state index in [-0.39, 0.29) is 6.61 Å². The van der Waals surface area contributed by atoms with E-state index in [1.54, 1.807) is 30.6 Å². The molecule has 0 aliphatic carbocycles. The minimum atomic E-state index is -1.11. The van der Waals surface area contributed by atoms with Crippen LogP contribution in [0.15, 0.2) is 67.0 Å². The summed E-state index contributed by atoms with van der Waals surface area (Å²) in [6.45, 7) is 0.238. The fourth-order valence-corrected chi connectivity index (χ4v) is 3.78. The smallest absolute Gasteiger partial charge is 0.328 e. The molecule has 2 heterocycles. The fourth-order valence-electron chi connectivity index (χ4n) is 3.78. The second-order valence-corrected chi connectivity index (χ2v) is 7.76. The van der Waals surface area contributed by atoms with Crippen LogP contribution in [0.1, 0.15) is 29.9 Å². The molecular weight excluding hydrogens is 422 g/mol. The van der Waals surface area contributed by atoms with Gasteiger partial charge >= 0.3 is 11.9 Å². The summed E-state index contributed by atoms with van der Waals surface area (Å²) < 4.78 is 6.67. The first kappa shape index (κ1) is 21.8. The Morgan fingerprint density at radius 1 is 1.12 bits per heavy atom. The number of hydrogen-bond acceptors (Lipinski definition) is 5. The summed E-state index contributed by atoms with van der Waals surface area (Å²) >= 11 is 0. The molecule has 1 saturated heterocycles. The first-order valence-corrected chi connectivity index (χ1v) is 10.4. The Labute approximate surface area is 190 Å². The van der Waals surface area contributed by atoms with Crippen LogP contribution in [0.3, 0.4) is 0 Å². The van der Waals surface area contributed by atoms with Crippen LogP contribution in [0.5, 0.6) is 0 Å². The molecule has 3 aromatic rings. The van der Waals surface area contributed by atoms with Crippen molar-refractivity contribution in [2.45, 2.75) is 24.8 Å². The molecular formula is C25H21N3O5. The molecule has 1 aromatic heterocycles. The lowest BCUT2D eigenvalue weighted by Gasteiger charge is -2.16. The number of hydrogen-bond donors (Lipinski definition) is 2. The lowest BCUT2D eigenvalue weighted by atomic mass is 9.97. The molecule has 0 bridgehead atoms. The molecule has 8 nitrogen and oxygen atoms in total. The number of aromatic nitrogens is 1. The third-order valence-corrected chi connectivity index (χ3v) is 5.58. The normalized spacial score (nSPS) is 16.0. The first-order valence-electron chi connectivity index (χ1n) is 10.4. The number of aliphatic carboxylic acids is 1. The van der Waals surface area contributed by atoms with E-state index in [0.717, 1.165) is 16.8 Å². The van der Waals surface area contributed by atoms with Crippen LogP contribution in [0.2, 0.25) is 0 Å². The second kappa shape index (κ2) is 9.40. The number of benzene rings is 2. The molecule has 0 spiro atoms. The highest BCUT2D eigenvalue weighted by Gasteiger charge is 2.32. The van der Waals surface area contributed by atoms with E-state index < -0.39 is 36.2 Å². The van der Waals surface area contributed by atoms with Crippen molar-refractivity contribution in [2.24, 2.45) is 0 Å². The number of amides is 1. The molecule has 8 heteroatoms. The molecule has 4 rings (SSSR count). The van der Waals surface area contributed by atoms with Crippen LogP contribution >= 0.6 is 0 Å². The van der Waals surface area contributed by atoms with E-state index >= 15 is 0 Å². The van der Waals surface area contributed by atoms with Crippen molar-refractivity contribution in [1.82, 2.24) is 9.88 Å². The summed E-state index contributed by atoms with van der Waals surface area (Å²) in [5.41, 5.74) is 3.95. The zero-order valence-electron chi connectivity index (χ0n) is 17.6. The van der Waals surface area contributed by atoms with E-state index in [2.05, 4.69) is 11.4 Å². The van der Waals surface area contributed by atoms with Gasteiger partial charge in [0.15, 0.2) is 0 Å². The van der Waals surface area contributed by atoms with Crippen LogP contribution in [0.25, 0.3) is 16.8 Å². The summed E-state index contributed by atoms with van der Waals surface area (Å²) in [6.07, 6.45) is 3.46. The van der Waals surface area contributed by atoms with E-state index in [9.17, 15) is 19.5 Å². The molecule has 0 radical (unpaired) electrons. The highest BCUT2D eigenvalue weighted by Crippen LogP contribution is 2.25. The van der Waals surface area contributed by atoms with Crippen molar-refractivity contribution >= 4 is 17.8 Å². The minimum absolute atomic E-state index is 0.238. The number of cyclic esters (lactones) is 1. The third kappa shape index (κ3) is 4.93. The van der Waals surface area contributed by atoms with Crippen LogP contribution < -0.4 is 5.32 Å². The Bertz CT molecular complexity index is 1220. The number of carboxylic acid groups (broad SMARTS) is 1. The second-order valence-electron chi connectivity index (χ2n) is 7.76. The Kier molecular flexibility index (Phi) is 6.22. The summed E-state index contributed by atoms with van der Waals surface area (Å²) in [5, 5.41) is 20.9. The number of esters is 1. The third-order valence-electron chi connectivity index (χ3n) is 5.58. The number of nitrogens with zero attached hydrogens (tertiary/aromatic N) is 2. The number of carboxylic acids is 1. The highest BCUT2D eigenvalue weighted by atomic mass is 16.5. The number of nitriles is 1. The van der Waals surface area contributed by atoms with E-state index in [0.29, 0.717) is 17.5 Å². The van der Waals surface area contributed by atoms with Crippen molar-refractivity contribution in [3.05, 3.63) is 78.1 Å². The lowest BCUT2D eigenvalue weighted by molar-refractivity contribution is -0.142. The monoisotopic (exact) mass is 443 g/mol. The Morgan fingerprint density at radius 3 is 2.36 bits per heavy atom. The van der Waals surface area contributed by atoms with Gasteiger partial charge in [-0.1, -0.05) is 24.3 Å². The van der Waals surface area contributed by atoms with Gasteiger partial charge in [-0.25, -0.2) is 4.79 Å². The van der Waals surface area contributed by atoms with Gasteiger partial charge in [0.25, 0.3) is 0 Å². The average Bonchev–Trinajstić information content (AvgIpc) is 3.47. The molecule has 166 valence electrons. The topological polar surface area (TPSA) is 121 Å². The predicted octanol–water partition coefficient (Wildman–Crippen LogP) is 3.01. The number of nitrogens with one attached hydrogen (secondary N) is 1. The molecule has 1 fully saturated rings. The largest absolute Gasteiger partial charge is 0.481 e. The Hall–Kier alpha value is -4.38. The van der Waals surface area contributed by atoms with Gasteiger partial charge in [-0.05, 0) is 47.0 Å². The molecule has 2 aromatic carbocycles. The number of rotatable bonds is 7. The number of carbonyl (C=O) groups excluding carboxylic acids is 2. The van der Waals surface area contributed by atoms with Gasteiger partial charge in [0, 0.05) is 24.5 Å². The van der Waals surface area contributed by atoms with Crippen molar-refractivity contribution in [2.75, 3.05) is 6.61 Å². The first-order chi connectivity index (χ1) is 15.9. The molecule has 0 saturated carbocycles. The van der Waals surface area contributed by atoms with Gasteiger partial charge in [0.05, 0.1) is 30.6 Å². The van der Waals surface area contributed by atoms with E-state index in [1.807, 2.05) is 41.0 Å². The standard InChI is InChI=1S/C25H21N3O5/c26-14-16-1-3-17(4-2-16)18-5-7-20(8-6-18)28-11-9-19(15-28)21(13-23(29)30)24(31)27-22-10-12-33-25(22)32/h1-9,11,15,21-22H,10,12-13H2,(H,27,31)(H,29,30)/t21-,22+/m0/s1. The van der Waals surface area contributed by atoms with Crippen molar-refractivity contribution in [3.8, 4) is 22.9 Å². The van der Waals surface area contributed by atoms with Crippen LogP contribution in [-0.2, 0) is 19.1 Å². The van der Waals surface area contributed by atoms with Gasteiger partial charge in [-0.2, -0.15) is 5.26 Å². The maximum absolute atomic E-state index is 12.8. The zero-order valence-corrected chi connectivity index (χ0v) is 17.6. The van der Waals surface area contributed by atoms with E-state index in [1.165, 1.54) is 0 Å². The van der Waals surface area contributed by atoms with Gasteiger partial charge in [0.2, 0.25) is 5.91 Å². The maximum atomic E-state index is 12.8.